The maximum Gasteiger partial charge on any atom is 0.124 e. The summed E-state index contributed by atoms with van der Waals surface area (Å²) in [5.41, 5.74) is 1.36. The van der Waals surface area contributed by atoms with Crippen LogP contribution in [-0.4, -0.2) is 18.3 Å². The normalized spacial score (nSPS) is 14.1. The molecule has 0 radical (unpaired) electrons. The average Bonchev–Trinajstić information content (AvgIpc) is 3.15. The molecule has 18 heavy (non-hydrogen) atoms. The summed E-state index contributed by atoms with van der Waals surface area (Å²) in [6.45, 7) is 0.931. The van der Waals surface area contributed by atoms with E-state index < -0.39 is 0 Å². The second kappa shape index (κ2) is 6.53. The highest BCUT2D eigenvalue weighted by Gasteiger charge is 2.20. The lowest BCUT2D eigenvalue weighted by atomic mass is 10.1. The van der Waals surface area contributed by atoms with Gasteiger partial charge in [-0.3, -0.25) is 0 Å². The molecule has 0 atom stereocenters. The number of hydrogen-bond acceptors (Lipinski definition) is 2. The standard InChI is InChI=1S/C15H17FO2/c16-15-9-13(2-1-6-17)8-14(10-15)11-18-7-5-12-3-4-12/h8-10,12,17H,3-7,11H2. The molecule has 2 rings (SSSR count). The van der Waals surface area contributed by atoms with Gasteiger partial charge in [0.15, 0.2) is 0 Å². The van der Waals surface area contributed by atoms with E-state index in [4.69, 9.17) is 9.84 Å². The van der Waals surface area contributed by atoms with E-state index in [2.05, 4.69) is 11.8 Å². The van der Waals surface area contributed by atoms with Gasteiger partial charge in [0.05, 0.1) is 6.61 Å². The van der Waals surface area contributed by atoms with Crippen molar-refractivity contribution >= 4 is 0 Å². The topological polar surface area (TPSA) is 29.5 Å². The predicted molar refractivity (Wildman–Crippen MR) is 67.4 cm³/mol. The van der Waals surface area contributed by atoms with Crippen LogP contribution in [0.2, 0.25) is 0 Å². The molecule has 0 unspecified atom stereocenters. The van der Waals surface area contributed by atoms with Gasteiger partial charge in [-0.25, -0.2) is 4.39 Å². The van der Waals surface area contributed by atoms with Gasteiger partial charge < -0.3 is 9.84 Å². The molecule has 0 amide bonds. The molecule has 1 aromatic rings. The molecule has 1 N–H and O–H groups in total. The van der Waals surface area contributed by atoms with Crippen molar-refractivity contribution in [2.75, 3.05) is 13.2 Å². The first-order chi connectivity index (χ1) is 8.78. The first-order valence-electron chi connectivity index (χ1n) is 6.25. The minimum absolute atomic E-state index is 0.219. The van der Waals surface area contributed by atoms with E-state index in [9.17, 15) is 4.39 Å². The van der Waals surface area contributed by atoms with E-state index in [0.717, 1.165) is 24.5 Å². The summed E-state index contributed by atoms with van der Waals surface area (Å²) >= 11 is 0. The minimum Gasteiger partial charge on any atom is -0.384 e. The lowest BCUT2D eigenvalue weighted by molar-refractivity contribution is 0.115. The Bertz CT molecular complexity index is 455. The van der Waals surface area contributed by atoms with E-state index in [1.165, 1.54) is 25.0 Å². The third kappa shape index (κ3) is 4.48. The molecule has 1 fully saturated rings. The van der Waals surface area contributed by atoms with Gasteiger partial charge in [0.25, 0.3) is 0 Å². The fourth-order valence-electron chi connectivity index (χ4n) is 1.79. The second-order valence-corrected chi connectivity index (χ2v) is 4.59. The average molecular weight is 248 g/mol. The Balaban J connectivity index is 1.87. The summed E-state index contributed by atoms with van der Waals surface area (Å²) in [7, 11) is 0. The summed E-state index contributed by atoms with van der Waals surface area (Å²) in [4.78, 5) is 0. The van der Waals surface area contributed by atoms with Gasteiger partial charge in [0, 0.05) is 12.2 Å². The highest BCUT2D eigenvalue weighted by atomic mass is 19.1. The summed E-state index contributed by atoms with van der Waals surface area (Å²) in [6, 6.07) is 4.61. The van der Waals surface area contributed by atoms with Gasteiger partial charge in [-0.15, -0.1) is 0 Å². The number of hydrogen-bond donors (Lipinski definition) is 1. The summed E-state index contributed by atoms with van der Waals surface area (Å²) < 4.78 is 18.8. The molecular formula is C15H17FO2. The first kappa shape index (κ1) is 13.1. The van der Waals surface area contributed by atoms with Crippen LogP contribution >= 0.6 is 0 Å². The molecule has 96 valence electrons. The summed E-state index contributed by atoms with van der Waals surface area (Å²) in [6.07, 6.45) is 3.75. The van der Waals surface area contributed by atoms with Gasteiger partial charge in [-0.1, -0.05) is 24.7 Å². The molecule has 0 heterocycles. The van der Waals surface area contributed by atoms with Crippen LogP contribution in [0.1, 0.15) is 30.4 Å². The minimum atomic E-state index is -0.319. The Hall–Kier alpha value is -1.37. The largest absolute Gasteiger partial charge is 0.384 e. The van der Waals surface area contributed by atoms with Crippen LogP contribution in [0.3, 0.4) is 0 Å². The third-order valence-electron chi connectivity index (χ3n) is 2.91. The number of benzene rings is 1. The monoisotopic (exact) mass is 248 g/mol. The first-order valence-corrected chi connectivity index (χ1v) is 6.25. The third-order valence-corrected chi connectivity index (χ3v) is 2.91. The van der Waals surface area contributed by atoms with E-state index in [1.54, 1.807) is 6.07 Å². The summed E-state index contributed by atoms with van der Waals surface area (Å²) in [5, 5.41) is 8.61. The van der Waals surface area contributed by atoms with Crippen LogP contribution in [-0.2, 0) is 11.3 Å². The van der Waals surface area contributed by atoms with Crippen molar-refractivity contribution in [2.45, 2.75) is 25.9 Å². The van der Waals surface area contributed by atoms with Gasteiger partial charge in [0.1, 0.15) is 12.4 Å². The van der Waals surface area contributed by atoms with Crippen LogP contribution < -0.4 is 0 Å². The molecule has 1 aliphatic carbocycles. The molecule has 0 aromatic heterocycles. The number of ether oxygens (including phenoxy) is 1. The van der Waals surface area contributed by atoms with Crippen molar-refractivity contribution in [1.29, 1.82) is 0 Å². The van der Waals surface area contributed by atoms with Gasteiger partial charge in [-0.05, 0) is 36.1 Å². The van der Waals surface area contributed by atoms with Crippen LogP contribution in [0, 0.1) is 23.6 Å². The number of aliphatic hydroxyl groups excluding tert-OH is 1. The highest BCUT2D eigenvalue weighted by Crippen LogP contribution is 2.32. The van der Waals surface area contributed by atoms with Crippen molar-refractivity contribution in [3.63, 3.8) is 0 Å². The zero-order chi connectivity index (χ0) is 12.8. The van der Waals surface area contributed by atoms with Gasteiger partial charge in [0.2, 0.25) is 0 Å². The quantitative estimate of drug-likeness (QED) is 0.641. The van der Waals surface area contributed by atoms with Crippen molar-refractivity contribution < 1.29 is 14.2 Å². The Morgan fingerprint density at radius 2 is 2.17 bits per heavy atom. The van der Waals surface area contributed by atoms with Crippen molar-refractivity contribution in [1.82, 2.24) is 0 Å². The van der Waals surface area contributed by atoms with Gasteiger partial charge in [-0.2, -0.15) is 0 Å². The molecule has 0 bridgehead atoms. The Labute approximate surface area is 107 Å². The maximum atomic E-state index is 13.3. The molecule has 1 aromatic carbocycles. The van der Waals surface area contributed by atoms with E-state index in [1.807, 2.05) is 0 Å². The lowest BCUT2D eigenvalue weighted by Crippen LogP contribution is -1.97. The van der Waals surface area contributed by atoms with Crippen LogP contribution in [0.25, 0.3) is 0 Å². The maximum absolute atomic E-state index is 13.3. The Morgan fingerprint density at radius 1 is 1.33 bits per heavy atom. The SMILES string of the molecule is OCC#Cc1cc(F)cc(COCCC2CC2)c1. The van der Waals surface area contributed by atoms with Crippen LogP contribution in [0.4, 0.5) is 4.39 Å². The molecule has 3 heteroatoms. The highest BCUT2D eigenvalue weighted by molar-refractivity contribution is 5.37. The molecular weight excluding hydrogens is 231 g/mol. The van der Waals surface area contributed by atoms with Crippen LogP contribution in [0.15, 0.2) is 18.2 Å². The van der Waals surface area contributed by atoms with Crippen molar-refractivity contribution in [2.24, 2.45) is 5.92 Å². The van der Waals surface area contributed by atoms with Crippen molar-refractivity contribution in [3.05, 3.63) is 35.1 Å². The molecule has 1 aliphatic rings. The second-order valence-electron chi connectivity index (χ2n) is 4.59. The molecule has 0 aliphatic heterocycles. The molecule has 0 saturated heterocycles. The molecule has 2 nitrogen and oxygen atoms in total. The zero-order valence-corrected chi connectivity index (χ0v) is 10.3. The Morgan fingerprint density at radius 3 is 2.89 bits per heavy atom. The smallest absolute Gasteiger partial charge is 0.124 e. The van der Waals surface area contributed by atoms with Crippen molar-refractivity contribution in [3.8, 4) is 11.8 Å². The number of aliphatic hydroxyl groups is 1. The zero-order valence-electron chi connectivity index (χ0n) is 10.3. The van der Waals surface area contributed by atoms with Gasteiger partial charge >= 0.3 is 0 Å². The molecule has 1 saturated carbocycles. The lowest BCUT2D eigenvalue weighted by Gasteiger charge is -2.05. The number of halogens is 1. The fourth-order valence-corrected chi connectivity index (χ4v) is 1.79. The van der Waals surface area contributed by atoms with E-state index in [0.29, 0.717) is 12.2 Å². The number of rotatable bonds is 5. The fraction of sp³-hybridized carbons (Fsp3) is 0.467. The molecule has 0 spiro atoms. The van der Waals surface area contributed by atoms with E-state index >= 15 is 0 Å². The Kier molecular flexibility index (Phi) is 4.74. The van der Waals surface area contributed by atoms with E-state index in [-0.39, 0.29) is 12.4 Å². The summed E-state index contributed by atoms with van der Waals surface area (Å²) in [5.74, 6) is 5.74. The van der Waals surface area contributed by atoms with Crippen LogP contribution in [0.5, 0.6) is 0 Å². The predicted octanol–water partition coefficient (Wildman–Crippen LogP) is 2.49.